The minimum Gasteiger partial charge on any atom is -0.511 e. The van der Waals surface area contributed by atoms with Crippen molar-refractivity contribution in [3.05, 3.63) is 29.2 Å². The Morgan fingerprint density at radius 1 is 0.594 bits per heavy atom. The van der Waals surface area contributed by atoms with Gasteiger partial charge in [0.1, 0.15) is 11.5 Å². The van der Waals surface area contributed by atoms with E-state index in [1.54, 1.807) is 0 Å². The molecule has 2 aromatic carbocycles. The molecule has 0 saturated heterocycles. The van der Waals surface area contributed by atoms with Crippen molar-refractivity contribution < 1.29 is 66.4 Å². The summed E-state index contributed by atoms with van der Waals surface area (Å²) in [6.45, 7) is 4.07. The van der Waals surface area contributed by atoms with Crippen LogP contribution in [0.5, 0.6) is 57.5 Å². The molecular weight excluding hydrogens is 436 g/mol. The van der Waals surface area contributed by atoms with Crippen molar-refractivity contribution in [1.29, 1.82) is 0 Å². The first-order valence-electron chi connectivity index (χ1n) is 8.53. The van der Waals surface area contributed by atoms with Gasteiger partial charge in [0.15, 0.2) is 23.0 Å². The summed E-state index contributed by atoms with van der Waals surface area (Å²) in [6.07, 6.45) is -1.83. The highest BCUT2D eigenvalue weighted by atomic mass is 16.4. The minimum atomic E-state index is -2.07. The summed E-state index contributed by atoms with van der Waals surface area (Å²) >= 11 is 0. The summed E-state index contributed by atoms with van der Waals surface area (Å²) in [5, 5.41) is 130. The van der Waals surface area contributed by atoms with Gasteiger partial charge in [-0.15, -0.1) is 0 Å². The Morgan fingerprint density at radius 3 is 1.22 bits per heavy atom. The number of rotatable bonds is 5. The number of phenols is 10. The van der Waals surface area contributed by atoms with Gasteiger partial charge in [0.2, 0.25) is 34.5 Å². The maximum absolute atomic E-state index is 10.8. The third kappa shape index (κ3) is 3.35. The van der Waals surface area contributed by atoms with E-state index in [1.165, 1.54) is 0 Å². The molecule has 32 heavy (non-hydrogen) atoms. The molecule has 0 amide bonds. The lowest BCUT2D eigenvalue weighted by atomic mass is 9.85. The van der Waals surface area contributed by atoms with Crippen molar-refractivity contribution >= 4 is 5.57 Å². The second-order valence-electron chi connectivity index (χ2n) is 6.70. The van der Waals surface area contributed by atoms with E-state index in [-0.39, 0.29) is 0 Å². The fourth-order valence-corrected chi connectivity index (χ4v) is 3.10. The number of hydrogen-bond donors (Lipinski definition) is 13. The van der Waals surface area contributed by atoms with Crippen LogP contribution in [0.2, 0.25) is 0 Å². The van der Waals surface area contributed by atoms with Gasteiger partial charge in [-0.2, -0.15) is 0 Å². The highest BCUT2D eigenvalue weighted by Gasteiger charge is 2.37. The molecule has 0 aliphatic carbocycles. The van der Waals surface area contributed by atoms with E-state index in [1.807, 2.05) is 0 Å². The number of aliphatic hydroxyl groups is 3. The van der Waals surface area contributed by atoms with Crippen LogP contribution in [0, 0.1) is 0 Å². The highest BCUT2D eigenvalue weighted by Crippen LogP contribution is 2.57. The second-order valence-corrected chi connectivity index (χ2v) is 6.70. The molecule has 0 bridgehead atoms. The molecule has 2 unspecified atom stereocenters. The second kappa shape index (κ2) is 7.96. The zero-order chi connectivity index (χ0) is 24.8. The molecular formula is C19H20O13. The van der Waals surface area contributed by atoms with Gasteiger partial charge in [0.25, 0.3) is 0 Å². The van der Waals surface area contributed by atoms with Gasteiger partial charge in [-0.3, -0.25) is 0 Å². The van der Waals surface area contributed by atoms with Crippen LogP contribution in [0.4, 0.5) is 0 Å². The molecule has 0 spiro atoms. The van der Waals surface area contributed by atoms with Gasteiger partial charge in [-0.1, -0.05) is 6.58 Å². The average Bonchev–Trinajstić information content (AvgIpc) is 2.72. The number of allylic oxidation sites excluding steroid dienone is 1. The summed E-state index contributed by atoms with van der Waals surface area (Å²) in [5.74, 6) is -18.1. The maximum Gasteiger partial charge on any atom is 0.208 e. The van der Waals surface area contributed by atoms with E-state index in [0.717, 1.165) is 6.92 Å². The van der Waals surface area contributed by atoms with Crippen molar-refractivity contribution in [3.8, 4) is 57.5 Å². The first kappa shape index (κ1) is 23.8. The molecule has 0 heterocycles. The molecule has 174 valence electrons. The molecule has 0 aliphatic heterocycles. The van der Waals surface area contributed by atoms with Crippen LogP contribution in [0.1, 0.15) is 24.0 Å². The first-order chi connectivity index (χ1) is 14.7. The van der Waals surface area contributed by atoms with Gasteiger partial charge in [-0.25, -0.2) is 0 Å². The molecule has 0 aromatic heterocycles. The topological polar surface area (TPSA) is 263 Å². The highest BCUT2D eigenvalue weighted by molar-refractivity contribution is 5.89. The third-order valence-electron chi connectivity index (χ3n) is 4.66. The molecule has 2 aromatic rings. The number of hydrogen-bond acceptors (Lipinski definition) is 13. The monoisotopic (exact) mass is 456 g/mol. The summed E-state index contributed by atoms with van der Waals surface area (Å²) in [7, 11) is 0. The van der Waals surface area contributed by atoms with Crippen LogP contribution in [0.15, 0.2) is 18.1 Å². The van der Waals surface area contributed by atoms with Crippen LogP contribution < -0.4 is 0 Å². The van der Waals surface area contributed by atoms with Gasteiger partial charge >= 0.3 is 0 Å². The van der Waals surface area contributed by atoms with Crippen LogP contribution >= 0.6 is 0 Å². The van der Waals surface area contributed by atoms with Gasteiger partial charge in [0, 0.05) is 0 Å². The summed E-state index contributed by atoms with van der Waals surface area (Å²) in [5.41, 5.74) is -3.14. The van der Waals surface area contributed by atoms with Crippen molar-refractivity contribution in [3.63, 3.8) is 0 Å². The molecule has 13 nitrogen and oxygen atoms in total. The zero-order valence-corrected chi connectivity index (χ0v) is 16.2. The van der Waals surface area contributed by atoms with E-state index in [2.05, 4.69) is 6.58 Å². The van der Waals surface area contributed by atoms with E-state index >= 15 is 0 Å². The average molecular weight is 456 g/mol. The largest absolute Gasteiger partial charge is 0.511 e. The number of benzene rings is 2. The lowest BCUT2D eigenvalue weighted by molar-refractivity contribution is 0.149. The smallest absolute Gasteiger partial charge is 0.208 e. The Kier molecular flexibility index (Phi) is 5.91. The van der Waals surface area contributed by atoms with Gasteiger partial charge < -0.3 is 66.4 Å². The third-order valence-corrected chi connectivity index (χ3v) is 4.66. The summed E-state index contributed by atoms with van der Waals surface area (Å²) in [6, 6.07) is 0. The molecule has 13 N–H and O–H groups in total. The number of phenolic OH excluding ortho intramolecular Hbond substituents is 10. The lowest BCUT2D eigenvalue weighted by Crippen LogP contribution is -2.19. The summed E-state index contributed by atoms with van der Waals surface area (Å²) < 4.78 is 0. The van der Waals surface area contributed by atoms with Crippen LogP contribution in [0.25, 0.3) is 5.57 Å². The molecule has 0 saturated carbocycles. The normalized spacial score (nSPS) is 13.9. The maximum atomic E-state index is 10.8. The quantitative estimate of drug-likeness (QED) is 0.131. The van der Waals surface area contributed by atoms with E-state index in [0.29, 0.717) is 0 Å². The molecule has 2 atom stereocenters. The van der Waals surface area contributed by atoms with Crippen LogP contribution in [-0.2, 0) is 0 Å². The molecule has 0 aliphatic rings. The standard InChI is InChI=1S/C19H20O13/c1-3(20)5(7-10(23)14(27)18(31)15(28)11(7)24)9(22)6(4(2)21)8-12(25)16(29)19(32)17(30)13(8)26/h4,6,20-32H,1H2,2H3/b9-5-. The van der Waals surface area contributed by atoms with Crippen LogP contribution in [0.3, 0.4) is 0 Å². The Labute approximate surface area is 178 Å². The molecule has 0 radical (unpaired) electrons. The van der Waals surface area contributed by atoms with Crippen molar-refractivity contribution in [2.75, 3.05) is 0 Å². The Bertz CT molecular complexity index is 1090. The lowest BCUT2D eigenvalue weighted by Gasteiger charge is -2.25. The number of aliphatic hydroxyl groups excluding tert-OH is 3. The van der Waals surface area contributed by atoms with Crippen LogP contribution in [-0.4, -0.2) is 72.5 Å². The summed E-state index contributed by atoms with van der Waals surface area (Å²) in [4.78, 5) is 0. The Hall–Kier alpha value is -4.52. The van der Waals surface area contributed by atoms with Crippen molar-refractivity contribution in [1.82, 2.24) is 0 Å². The van der Waals surface area contributed by atoms with E-state index in [4.69, 9.17) is 0 Å². The fraction of sp³-hybridized carbons (Fsp3) is 0.158. The Balaban J connectivity index is 3.04. The first-order valence-corrected chi connectivity index (χ1v) is 8.53. The van der Waals surface area contributed by atoms with Crippen molar-refractivity contribution in [2.45, 2.75) is 18.9 Å². The number of aromatic hydroxyl groups is 10. The Morgan fingerprint density at radius 2 is 0.906 bits per heavy atom. The fourth-order valence-electron chi connectivity index (χ4n) is 3.10. The molecule has 13 heteroatoms. The minimum absolute atomic E-state index is 0.976. The van der Waals surface area contributed by atoms with Gasteiger partial charge in [0.05, 0.1) is 28.7 Å². The van der Waals surface area contributed by atoms with E-state index in [9.17, 15) is 66.4 Å². The molecule has 2 rings (SSSR count). The van der Waals surface area contributed by atoms with E-state index < -0.39 is 97.7 Å². The predicted octanol–water partition coefficient (Wildman–Crippen LogP) is 1.25. The SMILES string of the molecule is C=C(O)/C(=C(/O)C(c1c(O)c(O)c(O)c(O)c1O)C(C)O)c1c(O)c(O)c(O)c(O)c1O. The zero-order valence-electron chi connectivity index (χ0n) is 16.2. The molecule has 0 fully saturated rings. The van der Waals surface area contributed by atoms with Gasteiger partial charge in [-0.05, 0) is 6.92 Å². The van der Waals surface area contributed by atoms with Crippen molar-refractivity contribution in [2.24, 2.45) is 0 Å². The predicted molar refractivity (Wildman–Crippen MR) is 105 cm³/mol.